The zero-order valence-electron chi connectivity index (χ0n) is 9.62. The van der Waals surface area contributed by atoms with Gasteiger partial charge in [-0.05, 0) is 12.1 Å². The number of amides is 1. The van der Waals surface area contributed by atoms with Crippen molar-refractivity contribution < 1.29 is 4.79 Å². The number of nitrogens with zero attached hydrogens (tertiary/aromatic N) is 2. The van der Waals surface area contributed by atoms with E-state index in [2.05, 4.69) is 4.90 Å². The highest BCUT2D eigenvalue weighted by molar-refractivity contribution is 6.39. The third-order valence-corrected chi connectivity index (χ3v) is 3.59. The molecule has 1 aromatic rings. The molecule has 92 valence electrons. The molecule has 0 N–H and O–H groups in total. The molecule has 5 heteroatoms. The SMILES string of the molecule is CC(=O)N1CCN(c2c(Cl)cccc2Cl)CC1. The molecule has 0 saturated carbocycles. The highest BCUT2D eigenvalue weighted by Gasteiger charge is 2.21. The van der Waals surface area contributed by atoms with Crippen LogP contribution in [0.5, 0.6) is 0 Å². The molecule has 2 rings (SSSR count). The lowest BCUT2D eigenvalue weighted by molar-refractivity contribution is -0.129. The lowest BCUT2D eigenvalue weighted by Gasteiger charge is -2.36. The number of carbonyl (C=O) groups is 1. The van der Waals surface area contributed by atoms with E-state index in [4.69, 9.17) is 23.2 Å². The van der Waals surface area contributed by atoms with Crippen molar-refractivity contribution in [2.24, 2.45) is 0 Å². The summed E-state index contributed by atoms with van der Waals surface area (Å²) < 4.78 is 0. The minimum atomic E-state index is 0.120. The molecule has 1 fully saturated rings. The van der Waals surface area contributed by atoms with Gasteiger partial charge in [0.25, 0.3) is 0 Å². The Balaban J connectivity index is 2.13. The molecule has 1 aliphatic rings. The molecule has 1 aliphatic heterocycles. The van der Waals surface area contributed by atoms with Crippen molar-refractivity contribution in [3.8, 4) is 0 Å². The molecule has 0 radical (unpaired) electrons. The van der Waals surface area contributed by atoms with Crippen molar-refractivity contribution in [2.75, 3.05) is 31.1 Å². The summed E-state index contributed by atoms with van der Waals surface area (Å²) in [5, 5.41) is 1.32. The maximum Gasteiger partial charge on any atom is 0.219 e. The lowest BCUT2D eigenvalue weighted by Crippen LogP contribution is -2.48. The van der Waals surface area contributed by atoms with Crippen LogP contribution in [0, 0.1) is 0 Å². The first-order valence-corrected chi connectivity index (χ1v) is 6.29. The lowest BCUT2D eigenvalue weighted by atomic mass is 10.2. The molecule has 0 unspecified atom stereocenters. The van der Waals surface area contributed by atoms with Crippen molar-refractivity contribution in [1.29, 1.82) is 0 Å². The molecule has 0 bridgehead atoms. The summed E-state index contributed by atoms with van der Waals surface area (Å²) in [6.07, 6.45) is 0. The van der Waals surface area contributed by atoms with Crippen LogP contribution >= 0.6 is 23.2 Å². The second kappa shape index (κ2) is 5.15. The highest BCUT2D eigenvalue weighted by Crippen LogP contribution is 2.33. The van der Waals surface area contributed by atoms with E-state index in [0.717, 1.165) is 31.9 Å². The van der Waals surface area contributed by atoms with Gasteiger partial charge < -0.3 is 9.80 Å². The molecule has 0 atom stereocenters. The number of hydrogen-bond donors (Lipinski definition) is 0. The summed E-state index contributed by atoms with van der Waals surface area (Å²) in [6.45, 7) is 4.57. The third-order valence-electron chi connectivity index (χ3n) is 2.98. The molecule has 3 nitrogen and oxygen atoms in total. The Kier molecular flexibility index (Phi) is 3.79. The van der Waals surface area contributed by atoms with Crippen molar-refractivity contribution in [3.63, 3.8) is 0 Å². The molecule has 0 spiro atoms. The number of carbonyl (C=O) groups excluding carboxylic acids is 1. The molecule has 1 heterocycles. The summed E-state index contributed by atoms with van der Waals surface area (Å²) in [6, 6.07) is 5.50. The van der Waals surface area contributed by atoms with E-state index in [-0.39, 0.29) is 5.91 Å². The Labute approximate surface area is 111 Å². The monoisotopic (exact) mass is 272 g/mol. The normalized spacial score (nSPS) is 16.2. The fraction of sp³-hybridized carbons (Fsp3) is 0.417. The third kappa shape index (κ3) is 2.67. The zero-order chi connectivity index (χ0) is 12.4. The highest BCUT2D eigenvalue weighted by atomic mass is 35.5. The van der Waals surface area contributed by atoms with Gasteiger partial charge >= 0.3 is 0 Å². The Morgan fingerprint density at radius 2 is 1.65 bits per heavy atom. The fourth-order valence-electron chi connectivity index (χ4n) is 2.04. The molecule has 1 amide bonds. The number of anilines is 1. The smallest absolute Gasteiger partial charge is 0.219 e. The van der Waals surface area contributed by atoms with E-state index in [9.17, 15) is 4.79 Å². The van der Waals surface area contributed by atoms with E-state index in [1.165, 1.54) is 0 Å². The first kappa shape index (κ1) is 12.5. The van der Waals surface area contributed by atoms with Crippen LogP contribution in [0.15, 0.2) is 18.2 Å². The quantitative estimate of drug-likeness (QED) is 0.785. The summed E-state index contributed by atoms with van der Waals surface area (Å²) in [5.74, 6) is 0.120. The number of para-hydroxylation sites is 1. The number of rotatable bonds is 1. The topological polar surface area (TPSA) is 23.6 Å². The van der Waals surface area contributed by atoms with E-state index in [0.29, 0.717) is 10.0 Å². The van der Waals surface area contributed by atoms with E-state index in [1.54, 1.807) is 6.92 Å². The average Bonchev–Trinajstić information content (AvgIpc) is 2.29. The number of hydrogen-bond acceptors (Lipinski definition) is 2. The molecule has 0 aliphatic carbocycles. The Morgan fingerprint density at radius 3 is 2.12 bits per heavy atom. The molecule has 0 aromatic heterocycles. The van der Waals surface area contributed by atoms with Crippen LogP contribution in [0.1, 0.15) is 6.92 Å². The summed E-state index contributed by atoms with van der Waals surface area (Å²) in [7, 11) is 0. The van der Waals surface area contributed by atoms with Gasteiger partial charge in [0, 0.05) is 33.1 Å². The van der Waals surface area contributed by atoms with Crippen molar-refractivity contribution in [2.45, 2.75) is 6.92 Å². The maximum atomic E-state index is 11.2. The number of halogens is 2. The second-order valence-corrected chi connectivity index (χ2v) is 4.88. The van der Waals surface area contributed by atoms with Gasteiger partial charge in [-0.3, -0.25) is 4.79 Å². The van der Waals surface area contributed by atoms with Crippen LogP contribution in [0.4, 0.5) is 5.69 Å². The van der Waals surface area contributed by atoms with E-state index in [1.807, 2.05) is 23.1 Å². The van der Waals surface area contributed by atoms with Gasteiger partial charge in [-0.1, -0.05) is 29.3 Å². The van der Waals surface area contributed by atoms with E-state index >= 15 is 0 Å². The van der Waals surface area contributed by atoms with Crippen molar-refractivity contribution in [3.05, 3.63) is 28.2 Å². The number of benzene rings is 1. The van der Waals surface area contributed by atoms with Crippen LogP contribution in [-0.4, -0.2) is 37.0 Å². The van der Waals surface area contributed by atoms with Crippen LogP contribution < -0.4 is 4.90 Å². The van der Waals surface area contributed by atoms with Gasteiger partial charge in [0.05, 0.1) is 15.7 Å². The first-order valence-electron chi connectivity index (χ1n) is 5.54. The summed E-state index contributed by atoms with van der Waals surface area (Å²) >= 11 is 12.3. The molecular weight excluding hydrogens is 259 g/mol. The Bertz CT molecular complexity index is 408. The summed E-state index contributed by atoms with van der Waals surface area (Å²) in [5.41, 5.74) is 0.874. The Morgan fingerprint density at radius 1 is 1.12 bits per heavy atom. The van der Waals surface area contributed by atoms with Crippen molar-refractivity contribution >= 4 is 34.8 Å². The predicted octanol–water partition coefficient (Wildman–Crippen LogP) is 2.66. The minimum absolute atomic E-state index is 0.120. The number of piperazine rings is 1. The standard InChI is InChI=1S/C12H14Cl2N2O/c1-9(17)15-5-7-16(8-6-15)12-10(13)3-2-4-11(12)14/h2-4H,5-8H2,1H3. The summed E-state index contributed by atoms with van der Waals surface area (Å²) in [4.78, 5) is 15.2. The molecule has 17 heavy (non-hydrogen) atoms. The van der Waals surface area contributed by atoms with Gasteiger partial charge in [0.15, 0.2) is 0 Å². The molecule has 1 aromatic carbocycles. The van der Waals surface area contributed by atoms with Gasteiger partial charge in [-0.25, -0.2) is 0 Å². The molecular formula is C12H14Cl2N2O. The Hall–Kier alpha value is -0.930. The van der Waals surface area contributed by atoms with Crippen LogP contribution in [-0.2, 0) is 4.79 Å². The first-order chi connectivity index (χ1) is 8.09. The van der Waals surface area contributed by atoms with Crippen LogP contribution in [0.3, 0.4) is 0 Å². The van der Waals surface area contributed by atoms with Gasteiger partial charge in [-0.15, -0.1) is 0 Å². The van der Waals surface area contributed by atoms with Crippen LogP contribution in [0.25, 0.3) is 0 Å². The van der Waals surface area contributed by atoms with Crippen molar-refractivity contribution in [1.82, 2.24) is 4.90 Å². The minimum Gasteiger partial charge on any atom is -0.366 e. The zero-order valence-corrected chi connectivity index (χ0v) is 11.1. The van der Waals surface area contributed by atoms with E-state index < -0.39 is 0 Å². The van der Waals surface area contributed by atoms with Gasteiger partial charge in [0.2, 0.25) is 5.91 Å². The largest absolute Gasteiger partial charge is 0.366 e. The maximum absolute atomic E-state index is 11.2. The van der Waals surface area contributed by atoms with Gasteiger partial charge in [-0.2, -0.15) is 0 Å². The molecule has 1 saturated heterocycles. The second-order valence-electron chi connectivity index (χ2n) is 4.06. The van der Waals surface area contributed by atoms with Crippen LogP contribution in [0.2, 0.25) is 10.0 Å². The predicted molar refractivity (Wildman–Crippen MR) is 70.9 cm³/mol. The fourth-order valence-corrected chi connectivity index (χ4v) is 2.67. The average molecular weight is 273 g/mol. The van der Waals surface area contributed by atoms with Gasteiger partial charge in [0.1, 0.15) is 0 Å².